The maximum absolute atomic E-state index is 15.4. The average molecular weight is 610 g/mol. The number of rotatable bonds is 3. The zero-order valence-corrected chi connectivity index (χ0v) is 24.3. The molecule has 3 atom stereocenters. The number of aliphatic hydroxyl groups excluding tert-OH is 1. The molecule has 6 aliphatic rings. The van der Waals surface area contributed by atoms with Gasteiger partial charge in [0.2, 0.25) is 23.4 Å². The molecule has 3 saturated carbocycles. The molecule has 0 radical (unpaired) electrons. The molecule has 1 spiro atoms. The molecule has 0 bridgehead atoms. The van der Waals surface area contributed by atoms with Gasteiger partial charge in [0, 0.05) is 29.5 Å². The third-order valence-electron chi connectivity index (χ3n) is 10.5. The van der Waals surface area contributed by atoms with Crippen LogP contribution in [-0.4, -0.2) is 80.9 Å². The van der Waals surface area contributed by atoms with Crippen LogP contribution in [0.4, 0.5) is 10.1 Å². The summed E-state index contributed by atoms with van der Waals surface area (Å²) in [5, 5.41) is 40.0. The zero-order valence-electron chi connectivity index (χ0n) is 24.3. The number of nitrogens with one attached hydrogen (secondary N) is 2. The Bertz CT molecular complexity index is 1550. The molecule has 4 aliphatic carbocycles. The molecular formula is C32H36FN3O8. The van der Waals surface area contributed by atoms with Gasteiger partial charge in [0.1, 0.15) is 23.8 Å². The third kappa shape index (κ3) is 4.36. The van der Waals surface area contributed by atoms with Gasteiger partial charge in [-0.05, 0) is 57.5 Å². The number of halogens is 1. The van der Waals surface area contributed by atoms with E-state index < -0.39 is 63.6 Å². The average Bonchev–Trinajstić information content (AvgIpc) is 3.64. The van der Waals surface area contributed by atoms with Crippen molar-refractivity contribution in [3.8, 4) is 5.75 Å². The fraction of sp³-hybridized carbons (Fsp3) is 0.562. The number of phenols is 1. The Morgan fingerprint density at radius 1 is 1.07 bits per heavy atom. The molecule has 1 amide bonds. The smallest absolute Gasteiger partial charge is 0.238 e. The van der Waals surface area contributed by atoms with Crippen LogP contribution in [0.5, 0.6) is 5.75 Å². The standard InChI is InChI=1S/C32H36FN3O8/c33-19-13-20(34-22(38)14-36-8-4-5-9-36)26(39)24-18(19)11-16-10-17-12-21(37)25(29(42)32(17,43)28(41)23(16)27(24)40)30-35-31(15-44-30)6-2-1-3-7-31/h13,16-17,35,39-40,43H,1-12,14-15H2,(H,34,38)/t16?,17-,32-/m0/s1. The number of aliphatic hydroxyl groups is 2. The van der Waals surface area contributed by atoms with E-state index >= 15 is 4.39 Å². The van der Waals surface area contributed by atoms with Crippen LogP contribution in [0.25, 0.3) is 5.76 Å². The molecule has 7 rings (SSSR count). The molecule has 2 aliphatic heterocycles. The minimum absolute atomic E-state index is 0.0232. The maximum Gasteiger partial charge on any atom is 0.238 e. The van der Waals surface area contributed by atoms with E-state index in [0.717, 1.165) is 64.1 Å². The Hall–Kier alpha value is -3.77. The second-order valence-electron chi connectivity index (χ2n) is 13.2. The van der Waals surface area contributed by atoms with Crippen molar-refractivity contribution in [1.29, 1.82) is 0 Å². The van der Waals surface area contributed by atoms with E-state index in [4.69, 9.17) is 4.74 Å². The SMILES string of the molecule is O=C(CN1CCCC1)Nc1cc(F)c2c(c1O)C(O)=C1C(=O)[C@]3(O)C(=O)C(=C4NC5(CCCCC5)CO4)C(=O)C[C@@H]3CC1C2. The van der Waals surface area contributed by atoms with Crippen molar-refractivity contribution in [3.05, 3.63) is 40.0 Å². The number of hydrogen-bond donors (Lipinski definition) is 5. The van der Waals surface area contributed by atoms with Gasteiger partial charge >= 0.3 is 0 Å². The number of fused-ring (bicyclic) bond motifs is 3. The van der Waals surface area contributed by atoms with Gasteiger partial charge in [0.05, 0.1) is 23.3 Å². The number of carbonyl (C=O) groups is 4. The Labute approximate surface area is 253 Å². The van der Waals surface area contributed by atoms with E-state index in [1.807, 2.05) is 4.90 Å². The summed E-state index contributed by atoms with van der Waals surface area (Å²) in [4.78, 5) is 55.8. The summed E-state index contributed by atoms with van der Waals surface area (Å²) in [6.07, 6.45) is 6.13. The predicted octanol–water partition coefficient (Wildman–Crippen LogP) is 2.40. The normalized spacial score (nSPS) is 31.4. The van der Waals surface area contributed by atoms with E-state index in [-0.39, 0.29) is 66.3 Å². The van der Waals surface area contributed by atoms with E-state index in [2.05, 4.69) is 10.6 Å². The summed E-state index contributed by atoms with van der Waals surface area (Å²) in [6.45, 7) is 1.83. The highest BCUT2D eigenvalue weighted by molar-refractivity contribution is 6.34. The molecule has 1 unspecified atom stereocenters. The van der Waals surface area contributed by atoms with Crippen molar-refractivity contribution in [2.75, 3.05) is 31.6 Å². The van der Waals surface area contributed by atoms with Crippen LogP contribution < -0.4 is 10.6 Å². The molecule has 234 valence electrons. The Morgan fingerprint density at radius 3 is 2.52 bits per heavy atom. The van der Waals surface area contributed by atoms with Gasteiger partial charge in [-0.1, -0.05) is 19.3 Å². The van der Waals surface area contributed by atoms with Crippen molar-refractivity contribution >= 4 is 34.7 Å². The predicted molar refractivity (Wildman–Crippen MR) is 154 cm³/mol. The number of carbonyl (C=O) groups excluding carboxylic acids is 4. The molecule has 5 N–H and O–H groups in total. The summed E-state index contributed by atoms with van der Waals surface area (Å²) in [7, 11) is 0. The van der Waals surface area contributed by atoms with Gasteiger partial charge in [-0.2, -0.15) is 0 Å². The van der Waals surface area contributed by atoms with Gasteiger partial charge in [-0.3, -0.25) is 24.1 Å². The largest absolute Gasteiger partial charge is 0.507 e. The number of ketones is 3. The lowest BCUT2D eigenvalue weighted by molar-refractivity contribution is -0.160. The van der Waals surface area contributed by atoms with Crippen molar-refractivity contribution in [2.45, 2.75) is 75.3 Å². The number of hydrogen-bond acceptors (Lipinski definition) is 10. The van der Waals surface area contributed by atoms with Crippen LogP contribution in [-0.2, 0) is 30.3 Å². The summed E-state index contributed by atoms with van der Waals surface area (Å²) in [5.41, 5.74) is -4.41. The molecule has 2 heterocycles. The Morgan fingerprint density at radius 2 is 1.80 bits per heavy atom. The topological polar surface area (TPSA) is 166 Å². The molecule has 1 aromatic rings. The highest BCUT2D eigenvalue weighted by Gasteiger charge is 2.63. The van der Waals surface area contributed by atoms with Crippen LogP contribution in [0.2, 0.25) is 0 Å². The molecule has 0 aromatic heterocycles. The fourth-order valence-electron chi connectivity index (χ4n) is 8.19. The highest BCUT2D eigenvalue weighted by atomic mass is 19.1. The first-order valence-corrected chi connectivity index (χ1v) is 15.5. The van der Waals surface area contributed by atoms with Crippen LogP contribution in [0.1, 0.15) is 68.9 Å². The van der Waals surface area contributed by atoms with Gasteiger partial charge in [0.25, 0.3) is 0 Å². The lowest BCUT2D eigenvalue weighted by atomic mass is 9.57. The lowest BCUT2D eigenvalue weighted by Crippen LogP contribution is -2.62. The van der Waals surface area contributed by atoms with Gasteiger partial charge in [-0.15, -0.1) is 0 Å². The Kier molecular flexibility index (Phi) is 6.85. The van der Waals surface area contributed by atoms with E-state index in [1.165, 1.54) is 0 Å². The number of anilines is 1. The second kappa shape index (κ2) is 10.4. The number of phenolic OH excluding ortho intramolecular Hbond substituents is 1. The molecule has 12 heteroatoms. The van der Waals surface area contributed by atoms with Crippen LogP contribution in [0.3, 0.4) is 0 Å². The third-order valence-corrected chi connectivity index (χ3v) is 10.5. The number of amides is 1. The summed E-state index contributed by atoms with van der Waals surface area (Å²) < 4.78 is 21.2. The molecular weight excluding hydrogens is 573 g/mol. The molecule has 44 heavy (non-hydrogen) atoms. The summed E-state index contributed by atoms with van der Waals surface area (Å²) >= 11 is 0. The van der Waals surface area contributed by atoms with Gasteiger partial charge in [-0.25, -0.2) is 4.39 Å². The fourth-order valence-corrected chi connectivity index (χ4v) is 8.19. The minimum atomic E-state index is -2.64. The molecule has 1 aromatic carbocycles. The number of nitrogens with zero attached hydrogens (tertiary/aromatic N) is 1. The molecule has 11 nitrogen and oxygen atoms in total. The maximum atomic E-state index is 15.4. The quantitative estimate of drug-likeness (QED) is 0.149. The first-order chi connectivity index (χ1) is 21.0. The van der Waals surface area contributed by atoms with Crippen molar-refractivity contribution in [3.63, 3.8) is 0 Å². The van der Waals surface area contributed by atoms with E-state index in [9.17, 15) is 34.5 Å². The minimum Gasteiger partial charge on any atom is -0.507 e. The van der Waals surface area contributed by atoms with Crippen LogP contribution >= 0.6 is 0 Å². The van der Waals surface area contributed by atoms with E-state index in [0.29, 0.717) is 0 Å². The summed E-state index contributed by atoms with van der Waals surface area (Å²) in [5.74, 6) is -7.23. The second-order valence-corrected chi connectivity index (χ2v) is 13.2. The van der Waals surface area contributed by atoms with Crippen molar-refractivity contribution < 1.29 is 43.6 Å². The Balaban J connectivity index is 1.22. The first-order valence-electron chi connectivity index (χ1n) is 15.5. The van der Waals surface area contributed by atoms with Gasteiger partial charge in [0.15, 0.2) is 17.1 Å². The van der Waals surface area contributed by atoms with Gasteiger partial charge < -0.3 is 30.7 Å². The lowest BCUT2D eigenvalue weighted by Gasteiger charge is -2.45. The number of aromatic hydroxyl groups is 1. The number of ether oxygens (including phenoxy) is 1. The number of Topliss-reactive ketones (excluding diaryl/α,β-unsaturated/α-hetero) is 3. The molecule has 5 fully saturated rings. The first kappa shape index (κ1) is 29.0. The van der Waals surface area contributed by atoms with Crippen LogP contribution in [0, 0.1) is 17.7 Å². The van der Waals surface area contributed by atoms with Crippen molar-refractivity contribution in [2.24, 2.45) is 11.8 Å². The summed E-state index contributed by atoms with van der Waals surface area (Å²) in [6, 6.07) is 0.981. The number of benzene rings is 1. The highest BCUT2D eigenvalue weighted by Crippen LogP contribution is 2.52. The van der Waals surface area contributed by atoms with Crippen molar-refractivity contribution in [1.82, 2.24) is 10.2 Å². The number of likely N-dealkylation sites (tertiary alicyclic amines) is 1. The van der Waals surface area contributed by atoms with Crippen LogP contribution in [0.15, 0.2) is 23.1 Å². The zero-order chi connectivity index (χ0) is 31.0. The molecule has 2 saturated heterocycles. The monoisotopic (exact) mass is 609 g/mol. The van der Waals surface area contributed by atoms with E-state index in [1.54, 1.807) is 0 Å².